The van der Waals surface area contributed by atoms with E-state index in [0.29, 0.717) is 16.9 Å². The minimum Gasteiger partial charge on any atom is -0.419 e. The molecule has 3 aromatic rings. The second-order valence-electron chi connectivity index (χ2n) is 5.00. The second-order valence-corrected chi connectivity index (χ2v) is 5.00. The van der Waals surface area contributed by atoms with Gasteiger partial charge in [0.15, 0.2) is 0 Å². The third kappa shape index (κ3) is 2.06. The van der Waals surface area contributed by atoms with Gasteiger partial charge in [-0.15, -0.1) is 0 Å². The van der Waals surface area contributed by atoms with Gasteiger partial charge in [0.1, 0.15) is 5.69 Å². The summed E-state index contributed by atoms with van der Waals surface area (Å²) < 4.78 is 5.50. The monoisotopic (exact) mass is 307 g/mol. The first kappa shape index (κ1) is 13.2. The third-order valence-corrected chi connectivity index (χ3v) is 3.59. The molecule has 0 bridgehead atoms. The van der Waals surface area contributed by atoms with Crippen LogP contribution in [0.25, 0.3) is 11.3 Å². The fourth-order valence-electron chi connectivity index (χ4n) is 2.51. The van der Waals surface area contributed by atoms with Gasteiger partial charge in [-0.05, 0) is 12.1 Å². The number of carbonyl (C=O) groups is 1. The highest BCUT2D eigenvalue weighted by atomic mass is 16.6. The lowest BCUT2D eigenvalue weighted by molar-refractivity contribution is -0.384. The van der Waals surface area contributed by atoms with E-state index in [1.807, 2.05) is 12.1 Å². The van der Waals surface area contributed by atoms with Gasteiger partial charge >= 0.3 is 0 Å². The molecule has 7 heteroatoms. The van der Waals surface area contributed by atoms with E-state index in [4.69, 9.17) is 4.42 Å². The molecule has 0 atom stereocenters. The standard InChI is InChI=1S/C16H9N3O4/c20-14-12-4-2-1-3-11(12)13-15(14)23-16(18-13)17-9-5-7-10(8-6-9)19(21)22/h1-8H,(H,17,18). The van der Waals surface area contributed by atoms with Crippen LogP contribution in [0.4, 0.5) is 17.4 Å². The highest BCUT2D eigenvalue weighted by molar-refractivity contribution is 6.19. The molecule has 0 unspecified atom stereocenters. The number of anilines is 2. The number of carbonyl (C=O) groups excluding carboxylic acids is 1. The molecular weight excluding hydrogens is 298 g/mol. The normalized spacial score (nSPS) is 11.9. The average molecular weight is 307 g/mol. The number of non-ortho nitro benzene ring substituents is 1. The molecule has 2 aromatic carbocycles. The van der Waals surface area contributed by atoms with Crippen molar-refractivity contribution >= 4 is 23.2 Å². The first-order valence-electron chi connectivity index (χ1n) is 6.80. The Labute approximate surface area is 129 Å². The van der Waals surface area contributed by atoms with Gasteiger partial charge in [-0.1, -0.05) is 24.3 Å². The number of ketones is 1. The lowest BCUT2D eigenvalue weighted by atomic mass is 10.1. The molecule has 0 amide bonds. The smallest absolute Gasteiger partial charge is 0.300 e. The Hall–Kier alpha value is -3.48. The summed E-state index contributed by atoms with van der Waals surface area (Å²) >= 11 is 0. The summed E-state index contributed by atoms with van der Waals surface area (Å²) in [6.07, 6.45) is 0. The molecule has 1 aliphatic rings. The highest BCUT2D eigenvalue weighted by Gasteiger charge is 2.32. The third-order valence-electron chi connectivity index (χ3n) is 3.59. The molecule has 7 nitrogen and oxygen atoms in total. The van der Waals surface area contributed by atoms with Crippen molar-refractivity contribution in [3.63, 3.8) is 0 Å². The Morgan fingerprint density at radius 2 is 1.74 bits per heavy atom. The van der Waals surface area contributed by atoms with Crippen LogP contribution in [0, 0.1) is 10.1 Å². The number of rotatable bonds is 3. The van der Waals surface area contributed by atoms with Crippen LogP contribution in [0.1, 0.15) is 16.1 Å². The number of nitrogens with zero attached hydrogens (tertiary/aromatic N) is 2. The van der Waals surface area contributed by atoms with Crippen LogP contribution < -0.4 is 5.32 Å². The van der Waals surface area contributed by atoms with Gasteiger partial charge in [-0.25, -0.2) is 0 Å². The Balaban J connectivity index is 1.65. The largest absolute Gasteiger partial charge is 0.419 e. The van der Waals surface area contributed by atoms with Crippen LogP contribution in [-0.4, -0.2) is 15.7 Å². The number of oxazole rings is 1. The van der Waals surface area contributed by atoms with Gasteiger partial charge in [0.05, 0.1) is 4.92 Å². The van der Waals surface area contributed by atoms with E-state index in [9.17, 15) is 14.9 Å². The average Bonchev–Trinajstić information content (AvgIpc) is 3.08. The molecule has 0 spiro atoms. The number of hydrogen-bond acceptors (Lipinski definition) is 6. The summed E-state index contributed by atoms with van der Waals surface area (Å²) in [7, 11) is 0. The molecule has 1 heterocycles. The van der Waals surface area contributed by atoms with Crippen LogP contribution >= 0.6 is 0 Å². The van der Waals surface area contributed by atoms with Gasteiger partial charge in [0, 0.05) is 28.9 Å². The van der Waals surface area contributed by atoms with E-state index in [-0.39, 0.29) is 23.2 Å². The summed E-state index contributed by atoms with van der Waals surface area (Å²) in [6.45, 7) is 0. The molecule has 4 rings (SSSR count). The second kappa shape index (κ2) is 4.77. The fraction of sp³-hybridized carbons (Fsp3) is 0. The van der Waals surface area contributed by atoms with Crippen LogP contribution in [0.2, 0.25) is 0 Å². The maximum atomic E-state index is 12.2. The Morgan fingerprint density at radius 1 is 1.04 bits per heavy atom. The summed E-state index contributed by atoms with van der Waals surface area (Å²) in [5, 5.41) is 13.5. The summed E-state index contributed by atoms with van der Waals surface area (Å²) in [4.78, 5) is 26.7. The molecule has 0 fully saturated rings. The fourth-order valence-corrected chi connectivity index (χ4v) is 2.51. The van der Waals surface area contributed by atoms with E-state index in [1.54, 1.807) is 24.3 Å². The van der Waals surface area contributed by atoms with Crippen molar-refractivity contribution in [1.29, 1.82) is 0 Å². The predicted octanol–water partition coefficient (Wildman–Crippen LogP) is 3.54. The molecule has 0 radical (unpaired) electrons. The summed E-state index contributed by atoms with van der Waals surface area (Å²) in [6, 6.07) is 13.2. The van der Waals surface area contributed by atoms with Crippen molar-refractivity contribution in [3.8, 4) is 11.3 Å². The van der Waals surface area contributed by atoms with E-state index < -0.39 is 4.92 Å². The number of nitrogens with one attached hydrogen (secondary N) is 1. The lowest BCUT2D eigenvalue weighted by Gasteiger charge is -2.01. The van der Waals surface area contributed by atoms with Gasteiger partial charge < -0.3 is 9.73 Å². The molecule has 0 aliphatic heterocycles. The Kier molecular flexibility index (Phi) is 2.74. The van der Waals surface area contributed by atoms with Gasteiger partial charge in [0.2, 0.25) is 11.5 Å². The minimum atomic E-state index is -0.473. The van der Waals surface area contributed by atoms with Crippen LogP contribution in [-0.2, 0) is 0 Å². The van der Waals surface area contributed by atoms with Gasteiger partial charge in [0.25, 0.3) is 11.7 Å². The Morgan fingerprint density at radius 3 is 2.43 bits per heavy atom. The molecule has 112 valence electrons. The van der Waals surface area contributed by atoms with Crippen LogP contribution in [0.3, 0.4) is 0 Å². The van der Waals surface area contributed by atoms with E-state index in [2.05, 4.69) is 10.3 Å². The van der Waals surface area contributed by atoms with Crippen molar-refractivity contribution in [2.45, 2.75) is 0 Å². The molecule has 0 saturated heterocycles. The zero-order valence-corrected chi connectivity index (χ0v) is 11.6. The first-order chi connectivity index (χ1) is 11.1. The van der Waals surface area contributed by atoms with Crippen LogP contribution in [0.5, 0.6) is 0 Å². The quantitative estimate of drug-likeness (QED) is 0.459. The first-order valence-corrected chi connectivity index (χ1v) is 6.80. The molecule has 1 aliphatic carbocycles. The van der Waals surface area contributed by atoms with Crippen molar-refractivity contribution in [3.05, 3.63) is 70.0 Å². The van der Waals surface area contributed by atoms with Crippen molar-refractivity contribution in [2.75, 3.05) is 5.32 Å². The predicted molar refractivity (Wildman–Crippen MR) is 81.8 cm³/mol. The number of nitro benzene ring substituents is 1. The molecular formula is C16H9N3O4. The lowest BCUT2D eigenvalue weighted by Crippen LogP contribution is -1.95. The van der Waals surface area contributed by atoms with Gasteiger partial charge in [-0.3, -0.25) is 14.9 Å². The molecule has 1 N–H and O–H groups in total. The number of hydrogen-bond donors (Lipinski definition) is 1. The van der Waals surface area contributed by atoms with Gasteiger partial charge in [-0.2, -0.15) is 4.98 Å². The zero-order chi connectivity index (χ0) is 16.0. The maximum absolute atomic E-state index is 12.2. The topological polar surface area (TPSA) is 98.3 Å². The SMILES string of the molecule is O=C1c2ccccc2-c2nc(Nc3ccc([N+](=O)[O-])cc3)oc21. The molecule has 23 heavy (non-hydrogen) atoms. The summed E-state index contributed by atoms with van der Waals surface area (Å²) in [5.41, 5.74) is 2.41. The summed E-state index contributed by atoms with van der Waals surface area (Å²) in [5.74, 6) is 0.00969. The maximum Gasteiger partial charge on any atom is 0.300 e. The highest BCUT2D eigenvalue weighted by Crippen LogP contribution is 2.37. The zero-order valence-electron chi connectivity index (χ0n) is 11.6. The minimum absolute atomic E-state index is 0.00504. The number of benzene rings is 2. The molecule has 1 aromatic heterocycles. The van der Waals surface area contributed by atoms with Crippen molar-refractivity contribution in [2.24, 2.45) is 0 Å². The molecule has 0 saturated carbocycles. The number of nitro groups is 1. The van der Waals surface area contributed by atoms with Crippen LogP contribution in [0.15, 0.2) is 52.9 Å². The Bertz CT molecular complexity index is 944. The van der Waals surface area contributed by atoms with E-state index >= 15 is 0 Å². The van der Waals surface area contributed by atoms with Crippen molar-refractivity contribution < 1.29 is 14.1 Å². The number of fused-ring (bicyclic) bond motifs is 3. The van der Waals surface area contributed by atoms with E-state index in [0.717, 1.165) is 5.56 Å². The van der Waals surface area contributed by atoms with Crippen molar-refractivity contribution in [1.82, 2.24) is 4.98 Å². The number of aromatic nitrogens is 1. The van der Waals surface area contributed by atoms with E-state index in [1.165, 1.54) is 12.1 Å².